The van der Waals surface area contributed by atoms with Crippen LogP contribution >= 0.6 is 0 Å². The Labute approximate surface area is 182 Å². The zero-order chi connectivity index (χ0) is 23.0. The van der Waals surface area contributed by atoms with E-state index in [1.54, 1.807) is 6.92 Å². The summed E-state index contributed by atoms with van der Waals surface area (Å²) in [6.45, 7) is 1.88. The molecule has 1 heterocycles. The van der Waals surface area contributed by atoms with Gasteiger partial charge in [-0.3, -0.25) is 0 Å². The maximum Gasteiger partial charge on any atom is 0.176 e. The molecule has 14 unspecified atom stereocenters. The summed E-state index contributed by atoms with van der Waals surface area (Å²) >= 11 is 0. The molecule has 0 radical (unpaired) electrons. The molecule has 2 aliphatic carbocycles. The Hall–Kier alpha value is -0.480. The average molecular weight is 450 g/mol. The second kappa shape index (κ2) is 10.2. The van der Waals surface area contributed by atoms with E-state index in [1.165, 1.54) is 0 Å². The van der Waals surface area contributed by atoms with E-state index < -0.39 is 79.3 Å². The number of hydrogen-bond acceptors (Lipinski definition) is 12. The Bertz CT molecular complexity index is 592. The molecule has 3 fully saturated rings. The molecular formula is C19H39N5O7. The number of aliphatic hydroxyl groups excluding tert-OH is 4. The van der Waals surface area contributed by atoms with Crippen LogP contribution in [0.4, 0.5) is 0 Å². The summed E-state index contributed by atoms with van der Waals surface area (Å²) in [4.78, 5) is 0. The highest BCUT2D eigenvalue weighted by atomic mass is 16.7. The Morgan fingerprint density at radius 3 is 2.03 bits per heavy atom. The summed E-state index contributed by atoms with van der Waals surface area (Å²) in [7, 11) is 0. The van der Waals surface area contributed by atoms with Crippen LogP contribution in [0.1, 0.15) is 26.2 Å². The van der Waals surface area contributed by atoms with E-state index in [0.29, 0.717) is 25.8 Å². The normalized spacial score (nSPS) is 54.0. The van der Waals surface area contributed by atoms with Crippen molar-refractivity contribution in [3.8, 4) is 0 Å². The molecule has 0 aromatic carbocycles. The van der Waals surface area contributed by atoms with Crippen molar-refractivity contribution in [2.75, 3.05) is 6.54 Å². The topological polar surface area (TPSA) is 239 Å². The van der Waals surface area contributed by atoms with Crippen LogP contribution in [-0.4, -0.2) is 106 Å². The molecule has 0 aromatic heterocycles. The van der Waals surface area contributed by atoms with Gasteiger partial charge in [-0.2, -0.15) is 0 Å². The van der Waals surface area contributed by atoms with Crippen LogP contribution in [0, 0.1) is 5.92 Å². The van der Waals surface area contributed by atoms with Crippen LogP contribution in [0.15, 0.2) is 0 Å². The lowest BCUT2D eigenvalue weighted by Gasteiger charge is -2.48. The second-order valence-corrected chi connectivity index (χ2v) is 9.26. The van der Waals surface area contributed by atoms with Crippen LogP contribution in [0.2, 0.25) is 0 Å². The maximum atomic E-state index is 11.0. The number of hydrogen-bond donors (Lipinski definition) is 9. The van der Waals surface area contributed by atoms with Crippen molar-refractivity contribution in [3.63, 3.8) is 0 Å². The maximum absolute atomic E-state index is 11.0. The van der Waals surface area contributed by atoms with E-state index in [-0.39, 0.29) is 5.92 Å². The van der Waals surface area contributed by atoms with E-state index in [0.717, 1.165) is 0 Å². The lowest BCUT2D eigenvalue weighted by Crippen LogP contribution is -2.67. The highest BCUT2D eigenvalue weighted by Crippen LogP contribution is 2.32. The third-order valence-electron chi connectivity index (χ3n) is 6.95. The van der Waals surface area contributed by atoms with E-state index in [4.69, 9.17) is 42.9 Å². The lowest BCUT2D eigenvalue weighted by molar-refractivity contribution is -0.290. The van der Waals surface area contributed by atoms with Crippen LogP contribution in [0.3, 0.4) is 0 Å². The largest absolute Gasteiger partial charge is 0.393 e. The molecule has 14 N–H and O–H groups in total. The Balaban J connectivity index is 1.69. The SMILES string of the molecule is CC1OC(OC2C(N)CC(N)C(OC3CC(CN)C(O)CC3N)C2O)C(N)C(O)C1O. The van der Waals surface area contributed by atoms with Crippen LogP contribution in [-0.2, 0) is 14.2 Å². The fourth-order valence-electron chi connectivity index (χ4n) is 4.83. The van der Waals surface area contributed by atoms with Crippen molar-refractivity contribution >= 4 is 0 Å². The molecule has 2 saturated carbocycles. The van der Waals surface area contributed by atoms with Gasteiger partial charge in [-0.25, -0.2) is 0 Å². The molecule has 3 aliphatic rings. The zero-order valence-electron chi connectivity index (χ0n) is 17.8. The monoisotopic (exact) mass is 449 g/mol. The van der Waals surface area contributed by atoms with E-state index in [1.807, 2.05) is 0 Å². The van der Waals surface area contributed by atoms with Crippen molar-refractivity contribution < 1.29 is 34.6 Å². The lowest BCUT2D eigenvalue weighted by atomic mass is 9.80. The van der Waals surface area contributed by atoms with Gasteiger partial charge >= 0.3 is 0 Å². The molecule has 0 bridgehead atoms. The number of rotatable bonds is 5. The quantitative estimate of drug-likeness (QED) is 0.193. The zero-order valence-corrected chi connectivity index (χ0v) is 17.8. The van der Waals surface area contributed by atoms with Crippen molar-refractivity contribution in [1.82, 2.24) is 0 Å². The van der Waals surface area contributed by atoms with Gasteiger partial charge in [0.25, 0.3) is 0 Å². The highest BCUT2D eigenvalue weighted by molar-refractivity contribution is 5.01. The summed E-state index contributed by atoms with van der Waals surface area (Å²) in [5.74, 6) is -0.154. The predicted octanol–water partition coefficient (Wildman–Crippen LogP) is -4.60. The van der Waals surface area contributed by atoms with Gasteiger partial charge in [-0.1, -0.05) is 0 Å². The van der Waals surface area contributed by atoms with Gasteiger partial charge < -0.3 is 63.3 Å². The van der Waals surface area contributed by atoms with E-state index >= 15 is 0 Å². The van der Waals surface area contributed by atoms with Crippen molar-refractivity contribution in [2.45, 2.75) is 105 Å². The Morgan fingerprint density at radius 2 is 1.42 bits per heavy atom. The number of ether oxygens (including phenoxy) is 3. The van der Waals surface area contributed by atoms with Gasteiger partial charge in [0.15, 0.2) is 6.29 Å². The second-order valence-electron chi connectivity index (χ2n) is 9.26. The van der Waals surface area contributed by atoms with Gasteiger partial charge in [0.1, 0.15) is 30.5 Å². The van der Waals surface area contributed by atoms with Crippen molar-refractivity contribution in [1.29, 1.82) is 0 Å². The van der Waals surface area contributed by atoms with Crippen molar-refractivity contribution in [2.24, 2.45) is 34.6 Å². The molecule has 3 rings (SSSR count). The smallest absolute Gasteiger partial charge is 0.176 e. The summed E-state index contributed by atoms with van der Waals surface area (Å²) in [6.07, 6.45) is -7.09. The minimum atomic E-state index is -1.25. The van der Waals surface area contributed by atoms with Gasteiger partial charge in [-0.05, 0) is 38.6 Å². The predicted molar refractivity (Wildman–Crippen MR) is 110 cm³/mol. The summed E-state index contributed by atoms with van der Waals surface area (Å²) in [6, 6.07) is -2.65. The summed E-state index contributed by atoms with van der Waals surface area (Å²) in [5.41, 5.74) is 30.3. The van der Waals surface area contributed by atoms with Gasteiger partial charge in [0, 0.05) is 18.1 Å². The van der Waals surface area contributed by atoms with Crippen LogP contribution in [0.5, 0.6) is 0 Å². The molecule has 12 nitrogen and oxygen atoms in total. The van der Waals surface area contributed by atoms with E-state index in [2.05, 4.69) is 0 Å². The van der Waals surface area contributed by atoms with Gasteiger partial charge in [0.2, 0.25) is 0 Å². The third-order valence-corrected chi connectivity index (χ3v) is 6.95. The molecule has 1 saturated heterocycles. The fraction of sp³-hybridized carbons (Fsp3) is 1.00. The van der Waals surface area contributed by atoms with Crippen LogP contribution in [0.25, 0.3) is 0 Å². The van der Waals surface area contributed by atoms with Crippen LogP contribution < -0.4 is 28.7 Å². The first-order valence-electron chi connectivity index (χ1n) is 11.0. The van der Waals surface area contributed by atoms with Crippen molar-refractivity contribution in [3.05, 3.63) is 0 Å². The van der Waals surface area contributed by atoms with Gasteiger partial charge in [0.05, 0.1) is 24.4 Å². The Morgan fingerprint density at radius 1 is 0.806 bits per heavy atom. The molecule has 12 heteroatoms. The molecule has 182 valence electrons. The molecule has 0 amide bonds. The molecule has 0 aromatic rings. The average Bonchev–Trinajstić information content (AvgIpc) is 2.71. The summed E-state index contributed by atoms with van der Waals surface area (Å²) < 4.78 is 17.6. The van der Waals surface area contributed by atoms with Gasteiger partial charge in [-0.15, -0.1) is 0 Å². The fourth-order valence-corrected chi connectivity index (χ4v) is 4.83. The highest BCUT2D eigenvalue weighted by Gasteiger charge is 2.49. The molecular weight excluding hydrogens is 410 g/mol. The number of nitrogens with two attached hydrogens (primary N) is 5. The Kier molecular flexibility index (Phi) is 8.27. The minimum absolute atomic E-state index is 0.154. The molecule has 1 aliphatic heterocycles. The third kappa shape index (κ3) is 5.21. The first-order valence-corrected chi connectivity index (χ1v) is 11.0. The minimum Gasteiger partial charge on any atom is -0.393 e. The first-order chi connectivity index (χ1) is 14.5. The summed E-state index contributed by atoms with van der Waals surface area (Å²) in [5, 5.41) is 41.2. The molecule has 14 atom stereocenters. The first kappa shape index (κ1) is 25.1. The standard InChI is InChI=1S/C19H39N5O7/c1-6-14(26)15(27)13(24)19(29-6)31-18-10(23)3-9(22)17(16(18)28)30-12-2-7(5-20)11(25)4-8(12)21/h6-19,25-28H,2-5,20-24H2,1H3. The molecule has 0 spiro atoms. The molecule has 31 heavy (non-hydrogen) atoms. The van der Waals surface area contributed by atoms with E-state index in [9.17, 15) is 20.4 Å². The number of aliphatic hydroxyl groups is 4.